The van der Waals surface area contributed by atoms with Gasteiger partial charge in [-0.2, -0.15) is 0 Å². The van der Waals surface area contributed by atoms with Crippen molar-refractivity contribution in [2.75, 3.05) is 0 Å². The fraction of sp³-hybridized carbons (Fsp3) is 0.400. The lowest BCUT2D eigenvalue weighted by Gasteiger charge is -2.09. The Kier molecular flexibility index (Phi) is 5.06. The minimum Gasteiger partial charge on any atom is -0.508 e. The Morgan fingerprint density at radius 2 is 1.80 bits per heavy atom. The molecule has 5 heteroatoms. The Hall–Kier alpha value is -1.14. The largest absolute Gasteiger partial charge is 0.508 e. The van der Waals surface area contributed by atoms with Gasteiger partial charge in [-0.15, -0.1) is 0 Å². The molecule has 15 heavy (non-hydrogen) atoms. The zero-order valence-corrected chi connectivity index (χ0v) is 8.17. The molecule has 1 aromatic rings. The van der Waals surface area contributed by atoms with Gasteiger partial charge >= 0.3 is 0 Å². The predicted octanol–water partition coefficient (Wildman–Crippen LogP) is 2.02. The first kappa shape index (κ1) is 11.9. The SMILES string of the molecule is OOC(CCCc1ccccc1O)OO. The molecule has 0 spiro atoms. The minimum absolute atomic E-state index is 0.240. The van der Waals surface area contributed by atoms with E-state index >= 15 is 0 Å². The number of para-hydroxylation sites is 1. The van der Waals surface area contributed by atoms with Gasteiger partial charge in [0.1, 0.15) is 5.75 Å². The van der Waals surface area contributed by atoms with Crippen LogP contribution in [-0.4, -0.2) is 21.9 Å². The standard InChI is InChI=1S/C10H14O5/c11-9-6-2-1-4-8(9)5-3-7-10(14-12)15-13/h1-2,4,6,10-13H,3,5,7H2. The molecule has 0 amide bonds. The number of phenolic OH excluding ortho intramolecular Hbond substituents is 1. The topological polar surface area (TPSA) is 79.2 Å². The molecule has 3 N–H and O–H groups in total. The molecule has 1 aromatic carbocycles. The van der Waals surface area contributed by atoms with Gasteiger partial charge < -0.3 is 5.11 Å². The first-order valence-corrected chi connectivity index (χ1v) is 4.65. The number of benzene rings is 1. The number of aryl methyl sites for hydroxylation is 1. The van der Waals surface area contributed by atoms with Crippen LogP contribution in [-0.2, 0) is 16.2 Å². The van der Waals surface area contributed by atoms with E-state index in [9.17, 15) is 5.11 Å². The average Bonchev–Trinajstić information content (AvgIpc) is 2.27. The molecule has 0 aliphatic heterocycles. The van der Waals surface area contributed by atoms with Gasteiger partial charge in [-0.3, -0.25) is 0 Å². The molecular formula is C10H14O5. The third-order valence-corrected chi connectivity index (χ3v) is 2.11. The number of rotatable bonds is 6. The second-order valence-electron chi connectivity index (χ2n) is 3.16. The minimum atomic E-state index is -1.03. The maximum atomic E-state index is 9.43. The van der Waals surface area contributed by atoms with Crippen LogP contribution in [0.15, 0.2) is 24.3 Å². The molecule has 0 bridgehead atoms. The highest BCUT2D eigenvalue weighted by Gasteiger charge is 2.09. The van der Waals surface area contributed by atoms with Gasteiger partial charge in [0.15, 0.2) is 0 Å². The number of phenols is 1. The summed E-state index contributed by atoms with van der Waals surface area (Å²) in [6, 6.07) is 6.99. The monoisotopic (exact) mass is 214 g/mol. The predicted molar refractivity (Wildman–Crippen MR) is 52.3 cm³/mol. The van der Waals surface area contributed by atoms with Crippen molar-refractivity contribution in [2.24, 2.45) is 0 Å². The molecule has 0 aliphatic rings. The Bertz CT molecular complexity index is 285. The van der Waals surface area contributed by atoms with Crippen LogP contribution in [0.4, 0.5) is 0 Å². The van der Waals surface area contributed by atoms with E-state index < -0.39 is 6.29 Å². The maximum Gasteiger partial charge on any atom is 0.223 e. The summed E-state index contributed by atoms with van der Waals surface area (Å²) in [5.41, 5.74) is 0.812. The van der Waals surface area contributed by atoms with Crippen molar-refractivity contribution < 1.29 is 25.4 Å². The highest BCUT2D eigenvalue weighted by Crippen LogP contribution is 2.18. The maximum absolute atomic E-state index is 9.43. The molecule has 0 saturated carbocycles. The highest BCUT2D eigenvalue weighted by molar-refractivity contribution is 5.31. The van der Waals surface area contributed by atoms with E-state index in [1.807, 2.05) is 12.1 Å². The zero-order valence-electron chi connectivity index (χ0n) is 8.17. The summed E-state index contributed by atoms with van der Waals surface area (Å²) in [7, 11) is 0. The van der Waals surface area contributed by atoms with Crippen molar-refractivity contribution in [1.82, 2.24) is 0 Å². The lowest BCUT2D eigenvalue weighted by atomic mass is 10.1. The van der Waals surface area contributed by atoms with Gasteiger partial charge in [-0.1, -0.05) is 18.2 Å². The Morgan fingerprint density at radius 3 is 2.40 bits per heavy atom. The molecule has 0 aromatic heterocycles. The summed E-state index contributed by atoms with van der Waals surface area (Å²) in [4.78, 5) is 7.67. The van der Waals surface area contributed by atoms with Gasteiger partial charge in [0.05, 0.1) is 0 Å². The molecule has 5 nitrogen and oxygen atoms in total. The van der Waals surface area contributed by atoms with Gasteiger partial charge in [-0.25, -0.2) is 20.3 Å². The number of hydrogen-bond donors (Lipinski definition) is 3. The number of aromatic hydroxyl groups is 1. The van der Waals surface area contributed by atoms with Crippen LogP contribution in [0.25, 0.3) is 0 Å². The average molecular weight is 214 g/mol. The fourth-order valence-corrected chi connectivity index (χ4v) is 1.31. The summed E-state index contributed by atoms with van der Waals surface area (Å²) in [5, 5.41) is 25.9. The van der Waals surface area contributed by atoms with Crippen LogP contribution in [0, 0.1) is 0 Å². The van der Waals surface area contributed by atoms with E-state index in [1.165, 1.54) is 0 Å². The van der Waals surface area contributed by atoms with Crippen molar-refractivity contribution >= 4 is 0 Å². The van der Waals surface area contributed by atoms with Gasteiger partial charge in [0.25, 0.3) is 0 Å². The Morgan fingerprint density at radius 1 is 1.13 bits per heavy atom. The molecule has 0 fully saturated rings. The summed E-state index contributed by atoms with van der Waals surface area (Å²) in [5.74, 6) is 0.240. The lowest BCUT2D eigenvalue weighted by Crippen LogP contribution is -2.13. The summed E-state index contributed by atoms with van der Waals surface area (Å²) < 4.78 is 0. The first-order chi connectivity index (χ1) is 7.27. The molecule has 0 saturated heterocycles. The van der Waals surface area contributed by atoms with Crippen LogP contribution in [0.3, 0.4) is 0 Å². The van der Waals surface area contributed by atoms with E-state index in [0.717, 1.165) is 5.56 Å². The molecule has 0 aliphatic carbocycles. The van der Waals surface area contributed by atoms with Crippen molar-refractivity contribution in [1.29, 1.82) is 0 Å². The summed E-state index contributed by atoms with van der Waals surface area (Å²) in [6.07, 6.45) is 0.538. The third kappa shape index (κ3) is 3.85. The lowest BCUT2D eigenvalue weighted by molar-refractivity contribution is -0.432. The Labute approximate surface area is 87.4 Å². The summed E-state index contributed by atoms with van der Waals surface area (Å²) in [6.45, 7) is 0. The van der Waals surface area contributed by atoms with E-state index in [4.69, 9.17) is 10.5 Å². The summed E-state index contributed by atoms with van der Waals surface area (Å²) >= 11 is 0. The van der Waals surface area contributed by atoms with Crippen molar-refractivity contribution in [3.8, 4) is 5.75 Å². The van der Waals surface area contributed by atoms with Crippen molar-refractivity contribution in [2.45, 2.75) is 25.6 Å². The highest BCUT2D eigenvalue weighted by atomic mass is 17.2. The van der Waals surface area contributed by atoms with Crippen LogP contribution in [0.5, 0.6) is 5.75 Å². The fourth-order valence-electron chi connectivity index (χ4n) is 1.31. The zero-order chi connectivity index (χ0) is 11.1. The second kappa shape index (κ2) is 6.36. The first-order valence-electron chi connectivity index (χ1n) is 4.65. The van der Waals surface area contributed by atoms with E-state index in [0.29, 0.717) is 19.3 Å². The van der Waals surface area contributed by atoms with E-state index in [2.05, 4.69) is 9.78 Å². The van der Waals surface area contributed by atoms with Crippen LogP contribution in [0.2, 0.25) is 0 Å². The second-order valence-corrected chi connectivity index (χ2v) is 3.16. The van der Waals surface area contributed by atoms with Crippen molar-refractivity contribution in [3.63, 3.8) is 0 Å². The van der Waals surface area contributed by atoms with Gasteiger partial charge in [-0.05, 0) is 24.5 Å². The molecular weight excluding hydrogens is 200 g/mol. The van der Waals surface area contributed by atoms with Crippen LogP contribution < -0.4 is 0 Å². The normalized spacial score (nSPS) is 10.9. The third-order valence-electron chi connectivity index (χ3n) is 2.11. The van der Waals surface area contributed by atoms with E-state index in [1.54, 1.807) is 12.1 Å². The van der Waals surface area contributed by atoms with E-state index in [-0.39, 0.29) is 5.75 Å². The molecule has 84 valence electrons. The molecule has 0 heterocycles. The van der Waals surface area contributed by atoms with Crippen molar-refractivity contribution in [3.05, 3.63) is 29.8 Å². The molecule has 0 radical (unpaired) electrons. The molecule has 1 rings (SSSR count). The quantitative estimate of drug-likeness (QED) is 0.383. The van der Waals surface area contributed by atoms with Crippen LogP contribution >= 0.6 is 0 Å². The van der Waals surface area contributed by atoms with Crippen LogP contribution in [0.1, 0.15) is 18.4 Å². The van der Waals surface area contributed by atoms with Gasteiger partial charge in [0, 0.05) is 6.42 Å². The smallest absolute Gasteiger partial charge is 0.223 e. The number of hydrogen-bond acceptors (Lipinski definition) is 5. The Balaban J connectivity index is 2.34. The molecule has 0 unspecified atom stereocenters. The van der Waals surface area contributed by atoms with Gasteiger partial charge in [0.2, 0.25) is 6.29 Å². The molecule has 0 atom stereocenters.